The van der Waals surface area contributed by atoms with E-state index in [1.165, 1.54) is 5.01 Å². The third-order valence-electron chi connectivity index (χ3n) is 1.81. The zero-order valence-corrected chi connectivity index (χ0v) is 11.0. The summed E-state index contributed by atoms with van der Waals surface area (Å²) in [5, 5.41) is 15.4. The summed E-state index contributed by atoms with van der Waals surface area (Å²) in [7, 11) is 0. The number of aromatic nitrogens is 1. The van der Waals surface area contributed by atoms with Gasteiger partial charge in [0.1, 0.15) is 0 Å². The van der Waals surface area contributed by atoms with Gasteiger partial charge in [-0.25, -0.2) is 4.98 Å². The minimum Gasteiger partial charge on any atom is -0.392 e. The largest absolute Gasteiger partial charge is 0.392 e. The van der Waals surface area contributed by atoms with Crippen molar-refractivity contribution in [1.82, 2.24) is 10.3 Å². The van der Waals surface area contributed by atoms with Crippen LogP contribution in [-0.4, -0.2) is 22.7 Å². The molecule has 0 saturated carbocycles. The summed E-state index contributed by atoms with van der Waals surface area (Å²) < 4.78 is 0. The number of aliphatic hydroxyl groups excluding tert-OH is 1. The van der Waals surface area contributed by atoms with Crippen LogP contribution in [0, 0.1) is 0 Å². The quantitative estimate of drug-likeness (QED) is 0.842. The second-order valence-electron chi connectivity index (χ2n) is 3.81. The number of aliphatic hydroxyl groups is 1. The molecule has 0 radical (unpaired) electrons. The first-order chi connectivity index (χ1) is 6.59. The van der Waals surface area contributed by atoms with Gasteiger partial charge in [0.15, 0.2) is 0 Å². The molecule has 1 atom stereocenters. The van der Waals surface area contributed by atoms with E-state index in [-0.39, 0.29) is 18.5 Å². The fraction of sp³-hybridized carbons (Fsp3) is 0.700. The summed E-state index contributed by atoms with van der Waals surface area (Å²) in [6, 6.07) is 0. The Kier molecular flexibility index (Phi) is 7.09. The monoisotopic (exact) mass is 250 g/mol. The Bertz CT molecular complexity index is 276. The van der Waals surface area contributed by atoms with Gasteiger partial charge in [0, 0.05) is 24.4 Å². The number of thiazole rings is 1. The molecule has 0 saturated heterocycles. The fourth-order valence-corrected chi connectivity index (χ4v) is 1.91. The van der Waals surface area contributed by atoms with E-state index in [2.05, 4.69) is 29.5 Å². The topological polar surface area (TPSA) is 45.1 Å². The summed E-state index contributed by atoms with van der Waals surface area (Å²) in [5.74, 6) is 0.505. The van der Waals surface area contributed by atoms with Crippen molar-refractivity contribution in [3.05, 3.63) is 16.1 Å². The number of nitrogens with zero attached hydrogens (tertiary/aromatic N) is 1. The molecule has 3 nitrogen and oxygen atoms in total. The molecule has 1 aromatic rings. The molecule has 0 aromatic carbocycles. The summed E-state index contributed by atoms with van der Waals surface area (Å²) in [6.45, 7) is 7.42. The van der Waals surface area contributed by atoms with Crippen molar-refractivity contribution in [3.8, 4) is 0 Å². The summed E-state index contributed by atoms with van der Waals surface area (Å²) in [4.78, 5) is 4.48. The highest BCUT2D eigenvalue weighted by Crippen LogP contribution is 2.18. The van der Waals surface area contributed by atoms with Crippen LogP contribution in [0.1, 0.15) is 37.4 Å². The molecule has 0 aliphatic rings. The molecule has 2 N–H and O–H groups in total. The smallest absolute Gasteiger partial charge is 0.0954 e. The first-order valence-electron chi connectivity index (χ1n) is 4.92. The summed E-state index contributed by atoms with van der Waals surface area (Å²) in [6.07, 6.45) is -0.293. The Morgan fingerprint density at radius 1 is 1.47 bits per heavy atom. The lowest BCUT2D eigenvalue weighted by Crippen LogP contribution is -2.23. The van der Waals surface area contributed by atoms with Gasteiger partial charge in [0.2, 0.25) is 0 Å². The predicted octanol–water partition coefficient (Wildman–Crippen LogP) is 2.16. The van der Waals surface area contributed by atoms with Crippen LogP contribution in [0.3, 0.4) is 0 Å². The second kappa shape index (κ2) is 7.17. The molecule has 1 heterocycles. The van der Waals surface area contributed by atoms with E-state index in [0.29, 0.717) is 12.5 Å². The van der Waals surface area contributed by atoms with Gasteiger partial charge in [0.25, 0.3) is 0 Å². The summed E-state index contributed by atoms with van der Waals surface area (Å²) >= 11 is 1.70. The van der Waals surface area contributed by atoms with Crippen LogP contribution >= 0.6 is 23.7 Å². The molecular weight excluding hydrogens is 232 g/mol. The van der Waals surface area contributed by atoms with Crippen LogP contribution in [0.2, 0.25) is 0 Å². The van der Waals surface area contributed by atoms with Gasteiger partial charge in [-0.2, -0.15) is 0 Å². The van der Waals surface area contributed by atoms with E-state index in [0.717, 1.165) is 12.2 Å². The van der Waals surface area contributed by atoms with E-state index in [9.17, 15) is 0 Å². The first-order valence-corrected chi connectivity index (χ1v) is 5.80. The van der Waals surface area contributed by atoms with Crippen LogP contribution < -0.4 is 5.32 Å². The molecular formula is C10H19ClN2OS. The molecule has 0 spiro atoms. The number of rotatable bonds is 5. The Hall–Kier alpha value is -0.160. The van der Waals surface area contributed by atoms with E-state index in [4.69, 9.17) is 5.11 Å². The minimum atomic E-state index is -0.293. The second-order valence-corrected chi connectivity index (χ2v) is 4.70. The molecule has 1 rings (SSSR count). The SMILES string of the molecule is CC(O)CNCc1csc(C(C)C)n1.Cl. The highest BCUT2D eigenvalue weighted by Gasteiger charge is 2.05. The maximum atomic E-state index is 9.04. The molecule has 0 amide bonds. The van der Waals surface area contributed by atoms with Gasteiger partial charge < -0.3 is 10.4 Å². The van der Waals surface area contributed by atoms with Gasteiger partial charge >= 0.3 is 0 Å². The maximum absolute atomic E-state index is 9.04. The van der Waals surface area contributed by atoms with Crippen LogP contribution in [0.15, 0.2) is 5.38 Å². The Balaban J connectivity index is 0.00000196. The number of nitrogens with one attached hydrogen (secondary N) is 1. The Morgan fingerprint density at radius 3 is 2.60 bits per heavy atom. The average molecular weight is 251 g/mol. The van der Waals surface area contributed by atoms with Gasteiger partial charge in [-0.3, -0.25) is 0 Å². The molecule has 0 aliphatic heterocycles. The van der Waals surface area contributed by atoms with Crippen molar-refractivity contribution < 1.29 is 5.11 Å². The normalized spacial score (nSPS) is 12.6. The van der Waals surface area contributed by atoms with Gasteiger partial charge in [0.05, 0.1) is 16.8 Å². The number of halogens is 1. The molecule has 15 heavy (non-hydrogen) atoms. The predicted molar refractivity (Wildman–Crippen MR) is 66.8 cm³/mol. The summed E-state index contributed by atoms with van der Waals surface area (Å²) in [5.41, 5.74) is 1.07. The lowest BCUT2D eigenvalue weighted by Gasteiger charge is -2.04. The van der Waals surface area contributed by atoms with Crippen LogP contribution in [-0.2, 0) is 6.54 Å². The molecule has 1 aromatic heterocycles. The number of hydrogen-bond acceptors (Lipinski definition) is 4. The molecule has 0 aliphatic carbocycles. The third-order valence-corrected chi connectivity index (χ3v) is 3.00. The van der Waals surface area contributed by atoms with Crippen molar-refractivity contribution >= 4 is 23.7 Å². The highest BCUT2D eigenvalue weighted by molar-refractivity contribution is 7.09. The van der Waals surface area contributed by atoms with Crippen molar-refractivity contribution in [2.24, 2.45) is 0 Å². The molecule has 88 valence electrons. The number of hydrogen-bond donors (Lipinski definition) is 2. The van der Waals surface area contributed by atoms with Crippen molar-refractivity contribution in [2.75, 3.05) is 6.54 Å². The first kappa shape index (κ1) is 14.8. The average Bonchev–Trinajstić information content (AvgIpc) is 2.52. The maximum Gasteiger partial charge on any atom is 0.0954 e. The Labute approximate surface area is 101 Å². The molecule has 0 fully saturated rings. The van der Waals surface area contributed by atoms with Crippen molar-refractivity contribution in [1.29, 1.82) is 0 Å². The standard InChI is InChI=1S/C10H18N2OS.ClH/c1-7(2)10-12-9(6-14-10)5-11-4-8(3)13;/h6-8,11,13H,4-5H2,1-3H3;1H. The van der Waals surface area contributed by atoms with Crippen molar-refractivity contribution in [3.63, 3.8) is 0 Å². The lowest BCUT2D eigenvalue weighted by molar-refractivity contribution is 0.191. The molecule has 0 bridgehead atoms. The third kappa shape index (κ3) is 5.47. The van der Waals surface area contributed by atoms with Crippen molar-refractivity contribution in [2.45, 2.75) is 39.3 Å². The van der Waals surface area contributed by atoms with E-state index in [1.807, 2.05) is 0 Å². The zero-order chi connectivity index (χ0) is 10.6. The van der Waals surface area contributed by atoms with E-state index in [1.54, 1.807) is 18.3 Å². The van der Waals surface area contributed by atoms with Gasteiger partial charge in [-0.15, -0.1) is 23.7 Å². The van der Waals surface area contributed by atoms with E-state index < -0.39 is 0 Å². The Morgan fingerprint density at radius 2 is 2.13 bits per heavy atom. The fourth-order valence-electron chi connectivity index (χ4n) is 1.08. The molecule has 5 heteroatoms. The minimum absolute atomic E-state index is 0. The van der Waals surface area contributed by atoms with Gasteiger partial charge in [-0.1, -0.05) is 13.8 Å². The zero-order valence-electron chi connectivity index (χ0n) is 9.36. The lowest BCUT2D eigenvalue weighted by atomic mass is 10.2. The van der Waals surface area contributed by atoms with E-state index >= 15 is 0 Å². The van der Waals surface area contributed by atoms with Crippen LogP contribution in [0.5, 0.6) is 0 Å². The van der Waals surface area contributed by atoms with Crippen LogP contribution in [0.4, 0.5) is 0 Å². The molecule has 1 unspecified atom stereocenters. The highest BCUT2D eigenvalue weighted by atomic mass is 35.5. The van der Waals surface area contributed by atoms with Gasteiger partial charge in [-0.05, 0) is 6.92 Å². The van der Waals surface area contributed by atoms with Crippen LogP contribution in [0.25, 0.3) is 0 Å².